The zero-order chi connectivity index (χ0) is 16.3. The van der Waals surface area contributed by atoms with E-state index in [1.54, 1.807) is 18.3 Å². The SMILES string of the molecule is NS(=O)(=O)c1ccc(-c2ccc(C=Cc3cn[nH]n3)cc2)cc1. The van der Waals surface area contributed by atoms with E-state index in [0.717, 1.165) is 22.4 Å². The van der Waals surface area contributed by atoms with Gasteiger partial charge in [0.25, 0.3) is 0 Å². The van der Waals surface area contributed by atoms with Crippen LogP contribution in [0.2, 0.25) is 0 Å². The van der Waals surface area contributed by atoms with Crippen LogP contribution in [0, 0.1) is 0 Å². The number of nitrogens with two attached hydrogens (primary N) is 1. The topological polar surface area (TPSA) is 102 Å². The van der Waals surface area contributed by atoms with E-state index in [-0.39, 0.29) is 4.90 Å². The molecule has 0 amide bonds. The first-order valence-electron chi connectivity index (χ1n) is 6.79. The van der Waals surface area contributed by atoms with Crippen molar-refractivity contribution in [3.63, 3.8) is 0 Å². The Kier molecular flexibility index (Phi) is 4.05. The summed E-state index contributed by atoms with van der Waals surface area (Å²) in [5.41, 5.74) is 3.69. The summed E-state index contributed by atoms with van der Waals surface area (Å²) in [5, 5.41) is 15.3. The van der Waals surface area contributed by atoms with Gasteiger partial charge in [-0.3, -0.25) is 0 Å². The molecule has 7 heteroatoms. The molecule has 3 N–H and O–H groups in total. The summed E-state index contributed by atoms with van der Waals surface area (Å²) in [6, 6.07) is 14.4. The molecule has 0 saturated carbocycles. The summed E-state index contributed by atoms with van der Waals surface area (Å²) in [5.74, 6) is 0. The van der Waals surface area contributed by atoms with Gasteiger partial charge in [-0.1, -0.05) is 42.5 Å². The molecule has 23 heavy (non-hydrogen) atoms. The van der Waals surface area contributed by atoms with Gasteiger partial charge in [-0.15, -0.1) is 0 Å². The summed E-state index contributed by atoms with van der Waals surface area (Å²) < 4.78 is 22.5. The van der Waals surface area contributed by atoms with Crippen molar-refractivity contribution < 1.29 is 8.42 Å². The molecule has 3 rings (SSSR count). The van der Waals surface area contributed by atoms with Crippen LogP contribution in [0.25, 0.3) is 23.3 Å². The molecule has 2 aromatic carbocycles. The number of aromatic amines is 1. The van der Waals surface area contributed by atoms with Crippen molar-refractivity contribution in [3.05, 3.63) is 66.0 Å². The summed E-state index contributed by atoms with van der Waals surface area (Å²) in [4.78, 5) is 0.105. The number of H-pyrrole nitrogens is 1. The molecule has 0 aliphatic rings. The van der Waals surface area contributed by atoms with Crippen molar-refractivity contribution in [1.29, 1.82) is 0 Å². The maximum atomic E-state index is 11.3. The lowest BCUT2D eigenvalue weighted by atomic mass is 10.0. The minimum atomic E-state index is -3.66. The number of hydrogen-bond donors (Lipinski definition) is 2. The van der Waals surface area contributed by atoms with E-state index in [4.69, 9.17) is 5.14 Å². The maximum absolute atomic E-state index is 11.3. The third-order valence-electron chi connectivity index (χ3n) is 3.31. The zero-order valence-electron chi connectivity index (χ0n) is 12.0. The summed E-state index contributed by atoms with van der Waals surface area (Å²) in [6.07, 6.45) is 5.43. The monoisotopic (exact) mass is 326 g/mol. The molecule has 3 aromatic rings. The van der Waals surface area contributed by atoms with Gasteiger partial charge in [0.1, 0.15) is 5.69 Å². The number of nitrogens with one attached hydrogen (secondary N) is 1. The molecule has 0 unspecified atom stereocenters. The van der Waals surface area contributed by atoms with Crippen LogP contribution in [0.4, 0.5) is 0 Å². The van der Waals surface area contributed by atoms with Crippen LogP contribution >= 0.6 is 0 Å². The van der Waals surface area contributed by atoms with Crippen LogP contribution in [-0.4, -0.2) is 23.8 Å². The highest BCUT2D eigenvalue weighted by atomic mass is 32.2. The smallest absolute Gasteiger partial charge is 0.225 e. The molecule has 0 spiro atoms. The molecule has 0 fully saturated rings. The molecule has 6 nitrogen and oxygen atoms in total. The standard InChI is InChI=1S/C16H14N4O2S/c17-23(21,22)16-9-6-14(7-10-16)13-4-1-12(2-5-13)3-8-15-11-18-20-19-15/h1-11H,(H2,17,21,22)(H,18,19,20). The van der Waals surface area contributed by atoms with Crippen LogP contribution in [-0.2, 0) is 10.0 Å². The van der Waals surface area contributed by atoms with Gasteiger partial charge in [0.05, 0.1) is 11.1 Å². The average Bonchev–Trinajstić information content (AvgIpc) is 3.06. The first-order chi connectivity index (χ1) is 11.0. The molecule has 0 aliphatic heterocycles. The fraction of sp³-hybridized carbons (Fsp3) is 0. The summed E-state index contributed by atoms with van der Waals surface area (Å²) in [6.45, 7) is 0. The molecule has 0 aliphatic carbocycles. The minimum absolute atomic E-state index is 0.105. The molecule has 0 radical (unpaired) electrons. The zero-order valence-corrected chi connectivity index (χ0v) is 12.9. The molecule has 0 atom stereocenters. The van der Waals surface area contributed by atoms with Gasteiger partial charge in [0.2, 0.25) is 10.0 Å². The minimum Gasteiger partial charge on any atom is -0.225 e. The fourth-order valence-electron chi connectivity index (χ4n) is 2.10. The Bertz CT molecular complexity index is 913. The van der Waals surface area contributed by atoms with E-state index >= 15 is 0 Å². The quantitative estimate of drug-likeness (QED) is 0.768. The Morgan fingerprint density at radius 1 is 0.913 bits per heavy atom. The van der Waals surface area contributed by atoms with Crippen molar-refractivity contribution in [2.75, 3.05) is 0 Å². The van der Waals surface area contributed by atoms with Crippen molar-refractivity contribution in [3.8, 4) is 11.1 Å². The van der Waals surface area contributed by atoms with E-state index in [2.05, 4.69) is 15.4 Å². The number of primary sulfonamides is 1. The highest BCUT2D eigenvalue weighted by Crippen LogP contribution is 2.22. The second kappa shape index (κ2) is 6.15. The Morgan fingerprint density at radius 2 is 1.52 bits per heavy atom. The van der Waals surface area contributed by atoms with Crippen molar-refractivity contribution in [2.24, 2.45) is 5.14 Å². The number of benzene rings is 2. The van der Waals surface area contributed by atoms with Gasteiger partial charge in [-0.2, -0.15) is 15.4 Å². The van der Waals surface area contributed by atoms with E-state index in [1.165, 1.54) is 12.1 Å². The van der Waals surface area contributed by atoms with Crippen molar-refractivity contribution in [2.45, 2.75) is 4.90 Å². The lowest BCUT2D eigenvalue weighted by molar-refractivity contribution is 0.598. The lowest BCUT2D eigenvalue weighted by Gasteiger charge is -2.04. The predicted octanol–water partition coefficient (Wildman–Crippen LogP) is 2.29. The lowest BCUT2D eigenvalue weighted by Crippen LogP contribution is -2.11. The van der Waals surface area contributed by atoms with Gasteiger partial charge >= 0.3 is 0 Å². The largest absolute Gasteiger partial charge is 0.238 e. The molecule has 0 saturated heterocycles. The highest BCUT2D eigenvalue weighted by Gasteiger charge is 2.07. The number of nitrogens with zero attached hydrogens (tertiary/aromatic N) is 2. The third-order valence-corrected chi connectivity index (χ3v) is 4.24. The van der Waals surface area contributed by atoms with Crippen molar-refractivity contribution in [1.82, 2.24) is 15.4 Å². The molecular formula is C16H14N4O2S. The van der Waals surface area contributed by atoms with Crippen LogP contribution in [0.3, 0.4) is 0 Å². The van der Waals surface area contributed by atoms with Gasteiger partial charge in [0, 0.05) is 0 Å². The molecule has 0 bridgehead atoms. The third kappa shape index (κ3) is 3.71. The summed E-state index contributed by atoms with van der Waals surface area (Å²) >= 11 is 0. The molecule has 1 aromatic heterocycles. The Morgan fingerprint density at radius 3 is 2.04 bits per heavy atom. The van der Waals surface area contributed by atoms with Gasteiger partial charge in [0.15, 0.2) is 0 Å². The molecular weight excluding hydrogens is 312 g/mol. The first-order valence-corrected chi connectivity index (χ1v) is 8.34. The van der Waals surface area contributed by atoms with E-state index < -0.39 is 10.0 Å². The Labute approximate surface area is 133 Å². The Balaban J connectivity index is 1.79. The first kappa shape index (κ1) is 15.1. The summed E-state index contributed by atoms with van der Waals surface area (Å²) in [7, 11) is -3.66. The van der Waals surface area contributed by atoms with Crippen LogP contribution in [0.1, 0.15) is 11.3 Å². The second-order valence-corrected chi connectivity index (χ2v) is 6.48. The predicted molar refractivity (Wildman–Crippen MR) is 88.6 cm³/mol. The second-order valence-electron chi connectivity index (χ2n) is 4.92. The number of aromatic nitrogens is 3. The van der Waals surface area contributed by atoms with Crippen LogP contribution in [0.5, 0.6) is 0 Å². The van der Waals surface area contributed by atoms with Gasteiger partial charge < -0.3 is 0 Å². The molecule has 116 valence electrons. The number of rotatable bonds is 4. The fourth-order valence-corrected chi connectivity index (χ4v) is 2.61. The van der Waals surface area contributed by atoms with E-state index in [9.17, 15) is 8.42 Å². The van der Waals surface area contributed by atoms with Gasteiger partial charge in [-0.05, 0) is 34.9 Å². The number of hydrogen-bond acceptors (Lipinski definition) is 4. The molecule has 1 heterocycles. The van der Waals surface area contributed by atoms with Crippen molar-refractivity contribution >= 4 is 22.2 Å². The Hall–Kier alpha value is -2.77. The van der Waals surface area contributed by atoms with Crippen LogP contribution in [0.15, 0.2) is 59.6 Å². The highest BCUT2D eigenvalue weighted by molar-refractivity contribution is 7.89. The normalized spacial score (nSPS) is 11.9. The number of sulfonamides is 1. The average molecular weight is 326 g/mol. The van der Waals surface area contributed by atoms with Gasteiger partial charge in [-0.25, -0.2) is 13.6 Å². The van der Waals surface area contributed by atoms with Crippen LogP contribution < -0.4 is 5.14 Å². The maximum Gasteiger partial charge on any atom is 0.238 e. The van der Waals surface area contributed by atoms with E-state index in [1.807, 2.05) is 36.4 Å². The van der Waals surface area contributed by atoms with E-state index in [0.29, 0.717) is 0 Å².